The molecule has 2 atom stereocenters. The van der Waals surface area contributed by atoms with Crippen LogP contribution in [0.4, 0.5) is 0 Å². The molecule has 0 aliphatic carbocycles. The molecule has 2 amide bonds. The molecule has 7 nitrogen and oxygen atoms in total. The van der Waals surface area contributed by atoms with E-state index in [1.807, 2.05) is 0 Å². The Balaban J connectivity index is 2.11. The second-order valence-corrected chi connectivity index (χ2v) is 6.86. The normalized spacial score (nSPS) is 15.5. The molecule has 27 heavy (non-hydrogen) atoms. The summed E-state index contributed by atoms with van der Waals surface area (Å²) in [5.41, 5.74) is 0.441. The van der Waals surface area contributed by atoms with Gasteiger partial charge in [-0.2, -0.15) is 0 Å². The predicted molar refractivity (Wildman–Crippen MR) is 97.4 cm³/mol. The van der Waals surface area contributed by atoms with Crippen molar-refractivity contribution in [2.24, 2.45) is 11.8 Å². The highest BCUT2D eigenvalue weighted by atomic mass is 16.4. The van der Waals surface area contributed by atoms with Gasteiger partial charge in [0.2, 0.25) is 0 Å². The van der Waals surface area contributed by atoms with Crippen LogP contribution < -0.4 is 0 Å². The predicted octanol–water partition coefficient (Wildman–Crippen LogP) is 3.04. The first-order chi connectivity index (χ1) is 12.9. The Morgan fingerprint density at radius 3 is 1.89 bits per heavy atom. The van der Waals surface area contributed by atoms with Gasteiger partial charge in [-0.1, -0.05) is 51.2 Å². The maximum atomic E-state index is 12.5. The minimum atomic E-state index is -1.34. The third-order valence-corrected chi connectivity index (χ3v) is 5.00. The topological polar surface area (TPSA) is 112 Å². The zero-order valence-corrected chi connectivity index (χ0v) is 15.4. The molecular formula is C20H25NO6. The lowest BCUT2D eigenvalue weighted by Gasteiger charge is -2.24. The number of aliphatic carboxylic acids is 2. The smallest absolute Gasteiger partial charge is 0.309 e. The number of amides is 2. The number of unbranched alkanes of at least 4 members (excludes halogenated alkanes) is 4. The summed E-state index contributed by atoms with van der Waals surface area (Å²) in [6.07, 6.45) is 4.72. The number of hydrogen-bond donors (Lipinski definition) is 2. The maximum Gasteiger partial charge on any atom is 0.309 e. The third kappa shape index (κ3) is 4.72. The molecule has 146 valence electrons. The highest BCUT2D eigenvalue weighted by molar-refractivity contribution is 6.21. The van der Waals surface area contributed by atoms with E-state index in [0.717, 1.165) is 30.6 Å². The monoisotopic (exact) mass is 375 g/mol. The van der Waals surface area contributed by atoms with Crippen molar-refractivity contribution in [3.8, 4) is 0 Å². The molecule has 2 rings (SSSR count). The lowest BCUT2D eigenvalue weighted by atomic mass is 9.87. The van der Waals surface area contributed by atoms with E-state index < -0.39 is 42.1 Å². The molecule has 0 spiro atoms. The van der Waals surface area contributed by atoms with E-state index in [-0.39, 0.29) is 17.5 Å². The number of carbonyl (C=O) groups is 4. The van der Waals surface area contributed by atoms with Gasteiger partial charge >= 0.3 is 11.9 Å². The number of hydrogen-bond acceptors (Lipinski definition) is 4. The minimum Gasteiger partial charge on any atom is -0.481 e. The van der Waals surface area contributed by atoms with Crippen LogP contribution in [0.15, 0.2) is 24.3 Å². The Morgan fingerprint density at radius 2 is 1.41 bits per heavy atom. The van der Waals surface area contributed by atoms with E-state index in [4.69, 9.17) is 0 Å². The summed E-state index contributed by atoms with van der Waals surface area (Å²) >= 11 is 0. The summed E-state index contributed by atoms with van der Waals surface area (Å²) < 4.78 is 0. The van der Waals surface area contributed by atoms with Crippen LogP contribution in [0.2, 0.25) is 0 Å². The minimum absolute atomic E-state index is 0.208. The van der Waals surface area contributed by atoms with E-state index in [2.05, 4.69) is 6.92 Å². The molecule has 0 radical (unpaired) electrons. The second kappa shape index (κ2) is 9.30. The second-order valence-electron chi connectivity index (χ2n) is 6.86. The molecule has 0 fully saturated rings. The Labute approximate surface area is 158 Å². The molecule has 0 saturated carbocycles. The molecule has 0 bridgehead atoms. The van der Waals surface area contributed by atoms with Gasteiger partial charge in [-0.3, -0.25) is 24.1 Å². The molecule has 7 heteroatoms. The zero-order chi connectivity index (χ0) is 20.0. The van der Waals surface area contributed by atoms with E-state index in [1.165, 1.54) is 12.1 Å². The number of fused-ring (bicyclic) bond motifs is 1. The SMILES string of the molecule is CCCCCCC[C@@H](C(=O)O)C(CN1C(=O)c2ccccc2C1=O)C(=O)O. The summed E-state index contributed by atoms with van der Waals surface area (Å²) in [6.45, 7) is 1.64. The van der Waals surface area contributed by atoms with Crippen LogP contribution in [-0.2, 0) is 9.59 Å². The number of carboxylic acids is 2. The Morgan fingerprint density at radius 1 is 0.889 bits per heavy atom. The first-order valence-corrected chi connectivity index (χ1v) is 9.29. The molecule has 1 heterocycles. The van der Waals surface area contributed by atoms with Crippen molar-refractivity contribution in [2.75, 3.05) is 6.54 Å². The number of benzene rings is 1. The van der Waals surface area contributed by atoms with Gasteiger partial charge in [0.1, 0.15) is 0 Å². The molecule has 1 aromatic carbocycles. The molecule has 1 aromatic rings. The van der Waals surface area contributed by atoms with Crippen LogP contribution in [0.3, 0.4) is 0 Å². The zero-order valence-electron chi connectivity index (χ0n) is 15.4. The fourth-order valence-corrected chi connectivity index (χ4v) is 3.44. The molecular weight excluding hydrogens is 350 g/mol. The first kappa shape index (κ1) is 20.6. The molecule has 0 aromatic heterocycles. The van der Waals surface area contributed by atoms with Gasteiger partial charge < -0.3 is 10.2 Å². The van der Waals surface area contributed by atoms with Gasteiger partial charge in [0.25, 0.3) is 11.8 Å². The van der Waals surface area contributed by atoms with Crippen LogP contribution in [0.25, 0.3) is 0 Å². The van der Waals surface area contributed by atoms with E-state index in [1.54, 1.807) is 12.1 Å². The molecule has 0 saturated heterocycles. The van der Waals surface area contributed by atoms with Crippen LogP contribution in [0.5, 0.6) is 0 Å². The van der Waals surface area contributed by atoms with Gasteiger partial charge in [0, 0.05) is 6.54 Å². The summed E-state index contributed by atoms with van der Waals surface area (Å²) in [4.78, 5) is 49.2. The van der Waals surface area contributed by atoms with Crippen molar-refractivity contribution in [3.63, 3.8) is 0 Å². The van der Waals surface area contributed by atoms with E-state index in [9.17, 15) is 29.4 Å². The van der Waals surface area contributed by atoms with Crippen LogP contribution >= 0.6 is 0 Å². The highest BCUT2D eigenvalue weighted by Crippen LogP contribution is 2.27. The largest absolute Gasteiger partial charge is 0.481 e. The van der Waals surface area contributed by atoms with Gasteiger partial charge in [-0.15, -0.1) is 0 Å². The maximum absolute atomic E-state index is 12.5. The average molecular weight is 375 g/mol. The first-order valence-electron chi connectivity index (χ1n) is 9.29. The lowest BCUT2D eigenvalue weighted by Crippen LogP contribution is -2.42. The fraction of sp³-hybridized carbons (Fsp3) is 0.500. The van der Waals surface area contributed by atoms with E-state index in [0.29, 0.717) is 6.42 Å². The Kier molecular flexibility index (Phi) is 7.10. The van der Waals surface area contributed by atoms with Crippen LogP contribution in [0, 0.1) is 11.8 Å². The van der Waals surface area contributed by atoms with E-state index >= 15 is 0 Å². The Hall–Kier alpha value is -2.70. The molecule has 1 aliphatic heterocycles. The number of nitrogens with zero attached hydrogens (tertiary/aromatic N) is 1. The highest BCUT2D eigenvalue weighted by Gasteiger charge is 2.41. The Bertz CT molecular complexity index is 694. The number of imide groups is 1. The van der Waals surface area contributed by atoms with Gasteiger partial charge in [-0.25, -0.2) is 0 Å². The summed E-state index contributed by atoms with van der Waals surface area (Å²) in [6, 6.07) is 6.26. The average Bonchev–Trinajstić information content (AvgIpc) is 2.87. The quantitative estimate of drug-likeness (QED) is 0.454. The van der Waals surface area contributed by atoms with Gasteiger partial charge in [0.15, 0.2) is 0 Å². The number of rotatable bonds is 11. The summed E-state index contributed by atoms with van der Waals surface area (Å²) in [5.74, 6) is -6.16. The van der Waals surface area contributed by atoms with Crippen molar-refractivity contribution in [2.45, 2.75) is 45.4 Å². The number of carboxylic acid groups (broad SMARTS) is 2. The van der Waals surface area contributed by atoms with Gasteiger partial charge in [0.05, 0.1) is 23.0 Å². The molecule has 1 aliphatic rings. The third-order valence-electron chi connectivity index (χ3n) is 5.00. The van der Waals surface area contributed by atoms with Crippen LogP contribution in [0.1, 0.15) is 66.2 Å². The van der Waals surface area contributed by atoms with Crippen molar-refractivity contribution >= 4 is 23.8 Å². The van der Waals surface area contributed by atoms with Crippen molar-refractivity contribution in [3.05, 3.63) is 35.4 Å². The lowest BCUT2D eigenvalue weighted by molar-refractivity contribution is -0.154. The van der Waals surface area contributed by atoms with Crippen molar-refractivity contribution in [1.29, 1.82) is 0 Å². The fourth-order valence-electron chi connectivity index (χ4n) is 3.44. The number of carbonyl (C=O) groups excluding carboxylic acids is 2. The molecule has 1 unspecified atom stereocenters. The van der Waals surface area contributed by atoms with Gasteiger partial charge in [-0.05, 0) is 18.6 Å². The molecule has 2 N–H and O–H groups in total. The summed E-state index contributed by atoms with van der Waals surface area (Å²) in [7, 11) is 0. The summed E-state index contributed by atoms with van der Waals surface area (Å²) in [5, 5.41) is 19.1. The van der Waals surface area contributed by atoms with Crippen molar-refractivity contribution < 1.29 is 29.4 Å². The van der Waals surface area contributed by atoms with Crippen molar-refractivity contribution in [1.82, 2.24) is 4.90 Å². The van der Waals surface area contributed by atoms with Crippen LogP contribution in [-0.4, -0.2) is 45.4 Å². The standard InChI is InChI=1S/C20H25NO6/c1-2-3-4-5-6-11-15(19(24)25)16(20(26)27)12-21-17(22)13-9-7-8-10-14(13)18(21)23/h7-10,15-16H,2-6,11-12H2,1H3,(H,24,25)(H,26,27)/t15-,16?/m1/s1.